The van der Waals surface area contributed by atoms with Crippen LogP contribution in [0.3, 0.4) is 0 Å². The van der Waals surface area contributed by atoms with Crippen LogP contribution >= 0.6 is 0 Å². The van der Waals surface area contributed by atoms with Crippen LogP contribution in [0.1, 0.15) is 29.5 Å². The summed E-state index contributed by atoms with van der Waals surface area (Å²) in [5.41, 5.74) is 1.23. The van der Waals surface area contributed by atoms with E-state index in [4.69, 9.17) is 0 Å². The lowest BCUT2D eigenvalue weighted by molar-refractivity contribution is 0.0948. The van der Waals surface area contributed by atoms with Gasteiger partial charge in [0, 0.05) is 12.2 Å². The van der Waals surface area contributed by atoms with E-state index in [9.17, 15) is 4.79 Å². The van der Waals surface area contributed by atoms with Crippen LogP contribution in [0.2, 0.25) is 0 Å². The smallest absolute Gasteiger partial charge is 0.270 e. The summed E-state index contributed by atoms with van der Waals surface area (Å²) >= 11 is 0. The molecule has 0 atom stereocenters. The van der Waals surface area contributed by atoms with Crippen LogP contribution in [0.4, 0.5) is 0 Å². The quantitative estimate of drug-likeness (QED) is 0.750. The molecule has 70 valence electrons. The largest absolute Gasteiger partial charge is 0.351 e. The molecule has 0 saturated heterocycles. The van der Waals surface area contributed by atoms with Crippen molar-refractivity contribution in [2.45, 2.75) is 20.3 Å². The Morgan fingerprint density at radius 3 is 2.92 bits per heavy atom. The summed E-state index contributed by atoms with van der Waals surface area (Å²) in [5, 5.41) is 2.75. The van der Waals surface area contributed by atoms with Gasteiger partial charge in [-0.05, 0) is 19.4 Å². The van der Waals surface area contributed by atoms with Crippen LogP contribution in [0.5, 0.6) is 0 Å². The first kappa shape index (κ1) is 9.64. The number of aryl methyl sites for hydroxylation is 1. The zero-order chi connectivity index (χ0) is 9.68. The third-order valence-electron chi connectivity index (χ3n) is 1.57. The average Bonchev–Trinajstić information content (AvgIpc) is 2.14. The molecule has 13 heavy (non-hydrogen) atoms. The molecule has 0 aromatic carbocycles. The van der Waals surface area contributed by atoms with Crippen molar-refractivity contribution in [1.82, 2.24) is 15.3 Å². The fourth-order valence-corrected chi connectivity index (χ4v) is 0.908. The van der Waals surface area contributed by atoms with Gasteiger partial charge in [-0.2, -0.15) is 0 Å². The van der Waals surface area contributed by atoms with Crippen molar-refractivity contribution in [2.24, 2.45) is 0 Å². The molecule has 0 saturated carbocycles. The minimum absolute atomic E-state index is 0.132. The van der Waals surface area contributed by atoms with E-state index in [2.05, 4.69) is 15.3 Å². The second kappa shape index (κ2) is 4.54. The zero-order valence-electron chi connectivity index (χ0n) is 7.87. The van der Waals surface area contributed by atoms with E-state index in [0.717, 1.165) is 12.1 Å². The van der Waals surface area contributed by atoms with Crippen LogP contribution in [0.25, 0.3) is 0 Å². The molecule has 4 heteroatoms. The number of rotatable bonds is 3. The Bertz CT molecular complexity index is 299. The van der Waals surface area contributed by atoms with Gasteiger partial charge in [-0.15, -0.1) is 0 Å². The summed E-state index contributed by atoms with van der Waals surface area (Å²) in [6.45, 7) is 4.52. The first-order valence-corrected chi connectivity index (χ1v) is 4.31. The topological polar surface area (TPSA) is 54.9 Å². The van der Waals surface area contributed by atoms with Crippen molar-refractivity contribution in [3.63, 3.8) is 0 Å². The number of nitrogens with zero attached hydrogens (tertiary/aromatic N) is 2. The summed E-state index contributed by atoms with van der Waals surface area (Å²) in [6.07, 6.45) is 2.33. The first-order chi connectivity index (χ1) is 6.24. The fraction of sp³-hybridized carbons (Fsp3) is 0.444. The number of nitrogens with one attached hydrogen (secondary N) is 1. The molecule has 1 N–H and O–H groups in total. The summed E-state index contributed by atoms with van der Waals surface area (Å²) in [7, 11) is 0. The fourth-order valence-electron chi connectivity index (χ4n) is 0.908. The average molecular weight is 179 g/mol. The second-order valence-electron chi connectivity index (χ2n) is 2.80. The predicted molar refractivity (Wildman–Crippen MR) is 49.4 cm³/mol. The van der Waals surface area contributed by atoms with Gasteiger partial charge in [-0.25, -0.2) is 9.97 Å². The zero-order valence-corrected chi connectivity index (χ0v) is 7.87. The van der Waals surface area contributed by atoms with Gasteiger partial charge in [-0.3, -0.25) is 4.79 Å². The molecular weight excluding hydrogens is 166 g/mol. The highest BCUT2D eigenvalue weighted by Crippen LogP contribution is 1.95. The number of carbonyl (C=O) groups is 1. The first-order valence-electron chi connectivity index (χ1n) is 4.31. The molecule has 1 amide bonds. The summed E-state index contributed by atoms with van der Waals surface area (Å²) in [5.74, 6) is -0.132. The third kappa shape index (κ3) is 2.82. The van der Waals surface area contributed by atoms with Gasteiger partial charge < -0.3 is 5.32 Å². The Morgan fingerprint density at radius 1 is 1.54 bits per heavy atom. The van der Waals surface area contributed by atoms with Crippen molar-refractivity contribution in [3.8, 4) is 0 Å². The molecule has 0 aliphatic heterocycles. The maximum absolute atomic E-state index is 11.4. The van der Waals surface area contributed by atoms with Crippen molar-refractivity contribution >= 4 is 5.91 Å². The minimum atomic E-state index is -0.132. The third-order valence-corrected chi connectivity index (χ3v) is 1.57. The molecule has 0 aliphatic rings. The summed E-state index contributed by atoms with van der Waals surface area (Å²) in [6, 6.07) is 1.67. The van der Waals surface area contributed by atoms with Gasteiger partial charge in [0.1, 0.15) is 12.0 Å². The van der Waals surface area contributed by atoms with Crippen LogP contribution in [0.15, 0.2) is 12.4 Å². The summed E-state index contributed by atoms with van der Waals surface area (Å²) in [4.78, 5) is 19.1. The Morgan fingerprint density at radius 2 is 2.31 bits per heavy atom. The molecule has 1 aromatic heterocycles. The molecule has 1 rings (SSSR count). The van der Waals surface area contributed by atoms with Gasteiger partial charge in [0.15, 0.2) is 0 Å². The van der Waals surface area contributed by atoms with E-state index >= 15 is 0 Å². The minimum Gasteiger partial charge on any atom is -0.351 e. The van der Waals surface area contributed by atoms with E-state index in [1.807, 2.05) is 13.8 Å². The Labute approximate surface area is 77.4 Å². The van der Waals surface area contributed by atoms with Crippen molar-refractivity contribution < 1.29 is 4.79 Å². The highest BCUT2D eigenvalue weighted by molar-refractivity contribution is 5.92. The molecule has 0 spiro atoms. The van der Waals surface area contributed by atoms with Crippen molar-refractivity contribution in [2.75, 3.05) is 6.54 Å². The lowest BCUT2D eigenvalue weighted by atomic mass is 10.3. The molecule has 0 radical (unpaired) electrons. The molecule has 0 bridgehead atoms. The highest BCUT2D eigenvalue weighted by atomic mass is 16.1. The summed E-state index contributed by atoms with van der Waals surface area (Å²) < 4.78 is 0. The highest BCUT2D eigenvalue weighted by Gasteiger charge is 2.05. The maximum Gasteiger partial charge on any atom is 0.270 e. The lowest BCUT2D eigenvalue weighted by Gasteiger charge is -2.01. The number of hydrogen-bond acceptors (Lipinski definition) is 3. The van der Waals surface area contributed by atoms with Crippen LogP contribution in [-0.2, 0) is 0 Å². The molecule has 0 unspecified atom stereocenters. The van der Waals surface area contributed by atoms with E-state index in [1.54, 1.807) is 6.07 Å². The normalized spacial score (nSPS) is 9.69. The van der Waals surface area contributed by atoms with Gasteiger partial charge in [0.05, 0.1) is 0 Å². The van der Waals surface area contributed by atoms with E-state index < -0.39 is 0 Å². The lowest BCUT2D eigenvalue weighted by Crippen LogP contribution is -2.25. The monoisotopic (exact) mass is 179 g/mol. The Hall–Kier alpha value is -1.45. The second-order valence-corrected chi connectivity index (χ2v) is 2.80. The van der Waals surface area contributed by atoms with Crippen molar-refractivity contribution in [3.05, 3.63) is 23.8 Å². The van der Waals surface area contributed by atoms with Gasteiger partial charge in [0.2, 0.25) is 0 Å². The Kier molecular flexibility index (Phi) is 3.37. The van der Waals surface area contributed by atoms with Crippen LogP contribution in [0, 0.1) is 6.92 Å². The van der Waals surface area contributed by atoms with E-state index in [0.29, 0.717) is 12.2 Å². The SMILES string of the molecule is CCCNC(=O)c1cc(C)ncn1. The van der Waals surface area contributed by atoms with E-state index in [1.165, 1.54) is 6.33 Å². The standard InChI is InChI=1S/C9H13N3O/c1-3-4-10-9(13)8-5-7(2)11-6-12-8/h5-6H,3-4H2,1-2H3,(H,10,13). The van der Waals surface area contributed by atoms with Gasteiger partial charge in [-0.1, -0.05) is 6.92 Å². The molecule has 0 aliphatic carbocycles. The predicted octanol–water partition coefficient (Wildman–Crippen LogP) is 0.925. The van der Waals surface area contributed by atoms with Crippen molar-refractivity contribution in [1.29, 1.82) is 0 Å². The Balaban J connectivity index is 2.66. The molecule has 1 heterocycles. The molecule has 4 nitrogen and oxygen atoms in total. The number of hydrogen-bond donors (Lipinski definition) is 1. The molecule has 1 aromatic rings. The number of aromatic nitrogens is 2. The van der Waals surface area contributed by atoms with E-state index in [-0.39, 0.29) is 5.91 Å². The maximum atomic E-state index is 11.4. The van der Waals surface area contributed by atoms with Crippen LogP contribution in [-0.4, -0.2) is 22.4 Å². The van der Waals surface area contributed by atoms with Gasteiger partial charge in [0.25, 0.3) is 5.91 Å². The number of amides is 1. The molecule has 0 fully saturated rings. The number of carbonyl (C=O) groups excluding carboxylic acids is 1. The molecular formula is C9H13N3O. The van der Waals surface area contributed by atoms with Gasteiger partial charge >= 0.3 is 0 Å². The van der Waals surface area contributed by atoms with Crippen LogP contribution < -0.4 is 5.32 Å².